The van der Waals surface area contributed by atoms with E-state index in [9.17, 15) is 9.18 Å². The highest BCUT2D eigenvalue weighted by molar-refractivity contribution is 6.09. The van der Waals surface area contributed by atoms with E-state index in [2.05, 4.69) is 5.32 Å². The van der Waals surface area contributed by atoms with Gasteiger partial charge in [-0.05, 0) is 55.8 Å². The highest BCUT2D eigenvalue weighted by Crippen LogP contribution is 2.22. The summed E-state index contributed by atoms with van der Waals surface area (Å²) in [6.07, 6.45) is 0. The van der Waals surface area contributed by atoms with Crippen LogP contribution in [0.3, 0.4) is 0 Å². The molecule has 0 aromatic heterocycles. The molecule has 0 bridgehead atoms. The lowest BCUT2D eigenvalue weighted by atomic mass is 10.1. The number of rotatable bonds is 4. The fourth-order valence-corrected chi connectivity index (χ4v) is 2.14. The predicted octanol–water partition coefficient (Wildman–Crippen LogP) is 3.84. The molecule has 110 valence electrons. The minimum atomic E-state index is -0.316. The van der Waals surface area contributed by atoms with Crippen molar-refractivity contribution in [1.29, 1.82) is 0 Å². The van der Waals surface area contributed by atoms with Crippen LogP contribution in [0.5, 0.6) is 0 Å². The molecule has 0 aliphatic rings. The maximum Gasteiger partial charge on any atom is 0.260 e. The molecule has 0 aliphatic carbocycles. The molecule has 1 amide bonds. The van der Waals surface area contributed by atoms with Crippen molar-refractivity contribution in [2.45, 2.75) is 13.8 Å². The van der Waals surface area contributed by atoms with Crippen molar-refractivity contribution in [3.8, 4) is 0 Å². The number of carbonyl (C=O) groups is 1. The van der Waals surface area contributed by atoms with Crippen LogP contribution in [0.1, 0.15) is 22.8 Å². The first-order chi connectivity index (χ1) is 10.0. The van der Waals surface area contributed by atoms with Gasteiger partial charge in [-0.1, -0.05) is 6.07 Å². The summed E-state index contributed by atoms with van der Waals surface area (Å²) < 4.78 is 13.0. The Hall–Kier alpha value is -2.36. The van der Waals surface area contributed by atoms with Crippen LogP contribution in [0.2, 0.25) is 0 Å². The number of anilines is 2. The lowest BCUT2D eigenvalue weighted by Crippen LogP contribution is -2.27. The maximum atomic E-state index is 13.0. The van der Waals surface area contributed by atoms with E-state index in [4.69, 9.17) is 0 Å². The van der Waals surface area contributed by atoms with Gasteiger partial charge in [0, 0.05) is 25.0 Å². The van der Waals surface area contributed by atoms with Gasteiger partial charge in [-0.15, -0.1) is 0 Å². The Bertz CT molecular complexity index is 638. The summed E-state index contributed by atoms with van der Waals surface area (Å²) in [5, 5.41) is 3.21. The third kappa shape index (κ3) is 3.40. The van der Waals surface area contributed by atoms with Crippen molar-refractivity contribution in [3.05, 3.63) is 59.4 Å². The van der Waals surface area contributed by atoms with Crippen molar-refractivity contribution >= 4 is 17.3 Å². The van der Waals surface area contributed by atoms with Gasteiger partial charge in [-0.2, -0.15) is 0 Å². The summed E-state index contributed by atoms with van der Waals surface area (Å²) in [6.45, 7) is 4.71. The molecule has 2 aromatic carbocycles. The first-order valence-corrected chi connectivity index (χ1v) is 6.91. The van der Waals surface area contributed by atoms with Gasteiger partial charge in [0.05, 0.1) is 5.56 Å². The molecule has 21 heavy (non-hydrogen) atoms. The number of carbonyl (C=O) groups excluding carboxylic acids is 1. The molecule has 3 nitrogen and oxygen atoms in total. The number of aryl methyl sites for hydroxylation is 1. The third-order valence-electron chi connectivity index (χ3n) is 3.29. The molecule has 2 aromatic rings. The molecular formula is C17H19FN2O. The molecule has 0 aliphatic heterocycles. The summed E-state index contributed by atoms with van der Waals surface area (Å²) >= 11 is 0. The number of amides is 1. The number of nitrogens with one attached hydrogen (secondary N) is 1. The van der Waals surface area contributed by atoms with Gasteiger partial charge in [0.2, 0.25) is 0 Å². The maximum absolute atomic E-state index is 13.0. The van der Waals surface area contributed by atoms with E-state index >= 15 is 0 Å². The third-order valence-corrected chi connectivity index (χ3v) is 3.29. The minimum absolute atomic E-state index is 0.127. The standard InChI is InChI=1S/C17H19FN2O/c1-4-19-16-11-12(2)5-10-15(16)17(21)20(3)14-8-6-13(18)7-9-14/h5-11,19H,4H2,1-3H3. The van der Waals surface area contributed by atoms with Gasteiger partial charge in [0.1, 0.15) is 5.82 Å². The topological polar surface area (TPSA) is 32.3 Å². The smallest absolute Gasteiger partial charge is 0.260 e. The van der Waals surface area contributed by atoms with Crippen molar-refractivity contribution in [2.24, 2.45) is 0 Å². The van der Waals surface area contributed by atoms with Crippen LogP contribution in [0, 0.1) is 12.7 Å². The van der Waals surface area contributed by atoms with E-state index < -0.39 is 0 Å². The SMILES string of the molecule is CCNc1cc(C)ccc1C(=O)N(C)c1ccc(F)cc1. The summed E-state index contributed by atoms with van der Waals surface area (Å²) in [5.74, 6) is -0.444. The summed E-state index contributed by atoms with van der Waals surface area (Å²) in [7, 11) is 1.69. The van der Waals surface area contributed by atoms with E-state index in [1.807, 2.05) is 32.0 Å². The van der Waals surface area contributed by atoms with Gasteiger partial charge in [0.25, 0.3) is 5.91 Å². The van der Waals surface area contributed by atoms with Gasteiger partial charge in [-0.3, -0.25) is 4.79 Å². The molecule has 1 N–H and O–H groups in total. The summed E-state index contributed by atoms with van der Waals surface area (Å²) in [5.41, 5.74) is 3.17. The first-order valence-electron chi connectivity index (χ1n) is 6.91. The van der Waals surface area contributed by atoms with Gasteiger partial charge in [-0.25, -0.2) is 4.39 Å². The fraction of sp³-hybridized carbons (Fsp3) is 0.235. The Balaban J connectivity index is 2.32. The van der Waals surface area contributed by atoms with Gasteiger partial charge in [0.15, 0.2) is 0 Å². The molecule has 4 heteroatoms. The van der Waals surface area contributed by atoms with Crippen LogP contribution < -0.4 is 10.2 Å². The highest BCUT2D eigenvalue weighted by atomic mass is 19.1. The van der Waals surface area contributed by atoms with Crippen LogP contribution >= 0.6 is 0 Å². The number of hydrogen-bond donors (Lipinski definition) is 1. The average molecular weight is 286 g/mol. The van der Waals surface area contributed by atoms with E-state index in [0.29, 0.717) is 11.3 Å². The minimum Gasteiger partial charge on any atom is -0.385 e. The van der Waals surface area contributed by atoms with Crippen molar-refractivity contribution in [1.82, 2.24) is 0 Å². The van der Waals surface area contributed by atoms with Crippen molar-refractivity contribution in [3.63, 3.8) is 0 Å². The fourth-order valence-electron chi connectivity index (χ4n) is 2.14. The zero-order valence-corrected chi connectivity index (χ0v) is 12.5. The summed E-state index contributed by atoms with van der Waals surface area (Å²) in [6, 6.07) is 11.6. The molecular weight excluding hydrogens is 267 g/mol. The van der Waals surface area contributed by atoms with Crippen LogP contribution in [-0.2, 0) is 0 Å². The Morgan fingerprint density at radius 2 is 1.86 bits per heavy atom. The first kappa shape index (κ1) is 15.0. The van der Waals surface area contributed by atoms with Crippen LogP contribution in [-0.4, -0.2) is 19.5 Å². The quantitative estimate of drug-likeness (QED) is 0.926. The van der Waals surface area contributed by atoms with E-state index in [1.54, 1.807) is 19.2 Å². The van der Waals surface area contributed by atoms with E-state index in [1.165, 1.54) is 17.0 Å². The average Bonchev–Trinajstić information content (AvgIpc) is 2.47. The zero-order chi connectivity index (χ0) is 15.4. The lowest BCUT2D eigenvalue weighted by molar-refractivity contribution is 0.0993. The lowest BCUT2D eigenvalue weighted by Gasteiger charge is -2.20. The zero-order valence-electron chi connectivity index (χ0n) is 12.5. The van der Waals surface area contributed by atoms with Gasteiger partial charge < -0.3 is 10.2 Å². The molecule has 0 fully saturated rings. The molecule has 0 saturated carbocycles. The molecule has 0 saturated heterocycles. The Labute approximate surface area is 124 Å². The molecule has 0 unspecified atom stereocenters. The largest absolute Gasteiger partial charge is 0.385 e. The molecule has 0 atom stereocenters. The van der Waals surface area contributed by atoms with E-state index in [0.717, 1.165) is 17.8 Å². The highest BCUT2D eigenvalue weighted by Gasteiger charge is 2.17. The number of nitrogens with zero attached hydrogens (tertiary/aromatic N) is 1. The van der Waals surface area contributed by atoms with Crippen LogP contribution in [0.15, 0.2) is 42.5 Å². The molecule has 2 rings (SSSR count). The Kier molecular flexibility index (Phi) is 4.58. The van der Waals surface area contributed by atoms with Crippen LogP contribution in [0.4, 0.5) is 15.8 Å². The monoisotopic (exact) mass is 286 g/mol. The Morgan fingerprint density at radius 3 is 2.48 bits per heavy atom. The van der Waals surface area contributed by atoms with Crippen LogP contribution in [0.25, 0.3) is 0 Å². The Morgan fingerprint density at radius 1 is 1.19 bits per heavy atom. The van der Waals surface area contributed by atoms with Gasteiger partial charge >= 0.3 is 0 Å². The predicted molar refractivity (Wildman–Crippen MR) is 84.5 cm³/mol. The number of hydrogen-bond acceptors (Lipinski definition) is 2. The second-order valence-corrected chi connectivity index (χ2v) is 4.92. The van der Waals surface area contributed by atoms with Crippen molar-refractivity contribution < 1.29 is 9.18 Å². The summed E-state index contributed by atoms with van der Waals surface area (Å²) in [4.78, 5) is 14.1. The normalized spacial score (nSPS) is 10.3. The number of halogens is 1. The molecule has 0 spiro atoms. The molecule has 0 radical (unpaired) electrons. The second-order valence-electron chi connectivity index (χ2n) is 4.92. The van der Waals surface area contributed by atoms with E-state index in [-0.39, 0.29) is 11.7 Å². The molecule has 0 heterocycles. The van der Waals surface area contributed by atoms with Crippen molar-refractivity contribution in [2.75, 3.05) is 23.8 Å². The number of benzene rings is 2. The second kappa shape index (κ2) is 6.39.